The van der Waals surface area contributed by atoms with E-state index in [1.165, 1.54) is 25.3 Å². The first kappa shape index (κ1) is 19.6. The lowest BCUT2D eigenvalue weighted by atomic mass is 9.83. The number of nitrogens with zero attached hydrogens (tertiary/aromatic N) is 1. The van der Waals surface area contributed by atoms with Crippen LogP contribution in [0.4, 0.5) is 4.39 Å². The molecule has 0 aromatic heterocycles. The second kappa shape index (κ2) is 7.84. The number of phenols is 1. The number of piperidine rings is 1. The van der Waals surface area contributed by atoms with Crippen LogP contribution in [0.5, 0.6) is 11.5 Å². The number of benzene rings is 2. The first-order valence-electron chi connectivity index (χ1n) is 9.11. The topological polar surface area (TPSA) is 73.2 Å². The Labute approximate surface area is 158 Å². The molecule has 6 heteroatoms. The van der Waals surface area contributed by atoms with Crippen molar-refractivity contribution < 1.29 is 24.4 Å². The van der Waals surface area contributed by atoms with Crippen molar-refractivity contribution in [2.45, 2.75) is 37.5 Å². The zero-order valence-corrected chi connectivity index (χ0v) is 15.6. The van der Waals surface area contributed by atoms with Gasteiger partial charge >= 0.3 is 0 Å². The Morgan fingerprint density at radius 1 is 1.11 bits per heavy atom. The van der Waals surface area contributed by atoms with E-state index in [0.29, 0.717) is 37.2 Å². The lowest BCUT2D eigenvalue weighted by Gasteiger charge is -2.42. The molecule has 0 amide bonds. The highest BCUT2D eigenvalue weighted by Crippen LogP contribution is 2.36. The summed E-state index contributed by atoms with van der Waals surface area (Å²) in [6.07, 6.45) is 0.264. The van der Waals surface area contributed by atoms with E-state index in [9.17, 15) is 19.7 Å². The van der Waals surface area contributed by atoms with Crippen molar-refractivity contribution in [1.29, 1.82) is 0 Å². The molecule has 0 bridgehead atoms. The summed E-state index contributed by atoms with van der Waals surface area (Å²) in [6, 6.07) is 10.6. The maximum absolute atomic E-state index is 13.1. The number of aromatic hydroxyl groups is 1. The summed E-state index contributed by atoms with van der Waals surface area (Å²) in [7, 11) is 1.47. The Morgan fingerprint density at radius 2 is 1.74 bits per heavy atom. The van der Waals surface area contributed by atoms with Crippen molar-refractivity contribution in [2.75, 3.05) is 20.2 Å². The van der Waals surface area contributed by atoms with Gasteiger partial charge in [0, 0.05) is 19.1 Å². The highest BCUT2D eigenvalue weighted by Gasteiger charge is 2.36. The molecule has 1 aliphatic rings. The number of phenolic OH excluding ortho intramolecular Hbond substituents is 1. The minimum absolute atomic E-state index is 0.0310. The lowest BCUT2D eigenvalue weighted by molar-refractivity contribution is -0.0502. The van der Waals surface area contributed by atoms with E-state index in [-0.39, 0.29) is 17.6 Å². The van der Waals surface area contributed by atoms with Gasteiger partial charge in [-0.1, -0.05) is 18.2 Å². The molecule has 2 aromatic rings. The quantitative estimate of drug-likeness (QED) is 0.749. The Balaban J connectivity index is 1.67. The number of hydrogen-bond donors (Lipinski definition) is 3. The Hall–Kier alpha value is -2.15. The highest BCUT2D eigenvalue weighted by molar-refractivity contribution is 5.42. The van der Waals surface area contributed by atoms with Crippen molar-refractivity contribution in [3.8, 4) is 11.5 Å². The lowest BCUT2D eigenvalue weighted by Crippen LogP contribution is -2.47. The van der Waals surface area contributed by atoms with E-state index >= 15 is 0 Å². The van der Waals surface area contributed by atoms with Crippen LogP contribution in [-0.4, -0.2) is 46.5 Å². The van der Waals surface area contributed by atoms with Crippen LogP contribution in [-0.2, 0) is 5.60 Å². The van der Waals surface area contributed by atoms with Crippen LogP contribution < -0.4 is 4.74 Å². The molecule has 1 aliphatic heterocycles. The van der Waals surface area contributed by atoms with Crippen LogP contribution in [0.2, 0.25) is 0 Å². The molecule has 27 heavy (non-hydrogen) atoms. The largest absolute Gasteiger partial charge is 0.504 e. The third-order valence-electron chi connectivity index (χ3n) is 5.58. The predicted molar refractivity (Wildman–Crippen MR) is 100 cm³/mol. The maximum atomic E-state index is 13.1. The van der Waals surface area contributed by atoms with Gasteiger partial charge in [0.25, 0.3) is 0 Å². The van der Waals surface area contributed by atoms with Crippen LogP contribution in [0.1, 0.15) is 37.0 Å². The molecule has 3 N–H and O–H groups in total. The fraction of sp³-hybridized carbons (Fsp3) is 0.429. The van der Waals surface area contributed by atoms with Gasteiger partial charge in [0.2, 0.25) is 0 Å². The number of rotatable bonds is 5. The molecule has 0 saturated carbocycles. The summed E-state index contributed by atoms with van der Waals surface area (Å²) in [4.78, 5) is 2.13. The first-order chi connectivity index (χ1) is 12.8. The summed E-state index contributed by atoms with van der Waals surface area (Å²) in [5.74, 6) is 0.0346. The van der Waals surface area contributed by atoms with Crippen molar-refractivity contribution >= 4 is 0 Å². The summed E-state index contributed by atoms with van der Waals surface area (Å²) < 4.78 is 18.2. The van der Waals surface area contributed by atoms with Gasteiger partial charge in [0.1, 0.15) is 5.82 Å². The average Bonchev–Trinajstić information content (AvgIpc) is 2.68. The van der Waals surface area contributed by atoms with Crippen molar-refractivity contribution in [3.05, 3.63) is 59.4 Å². The van der Waals surface area contributed by atoms with Crippen LogP contribution >= 0.6 is 0 Å². The predicted octanol–water partition coefficient (Wildman–Crippen LogP) is 2.95. The van der Waals surface area contributed by atoms with Gasteiger partial charge in [0.05, 0.1) is 18.8 Å². The smallest absolute Gasteiger partial charge is 0.160 e. The van der Waals surface area contributed by atoms with Crippen LogP contribution in [0.25, 0.3) is 0 Å². The van der Waals surface area contributed by atoms with Gasteiger partial charge < -0.3 is 20.1 Å². The first-order valence-corrected chi connectivity index (χ1v) is 9.11. The molecule has 0 aliphatic carbocycles. The number of aliphatic hydroxyl groups is 2. The molecule has 5 nitrogen and oxygen atoms in total. The number of halogens is 1. The molecule has 1 fully saturated rings. The molecular formula is C21H26FNO4. The molecule has 0 unspecified atom stereocenters. The van der Waals surface area contributed by atoms with Gasteiger partial charge in [-0.2, -0.15) is 0 Å². The minimum atomic E-state index is -0.976. The van der Waals surface area contributed by atoms with Crippen molar-refractivity contribution in [2.24, 2.45) is 0 Å². The number of ether oxygens (including phenoxy) is 1. The van der Waals surface area contributed by atoms with Gasteiger partial charge in [0.15, 0.2) is 11.5 Å². The zero-order valence-electron chi connectivity index (χ0n) is 15.6. The summed E-state index contributed by atoms with van der Waals surface area (Å²) >= 11 is 0. The van der Waals surface area contributed by atoms with E-state index < -0.39 is 11.7 Å². The number of hydrogen-bond acceptors (Lipinski definition) is 5. The Kier molecular flexibility index (Phi) is 5.69. The monoisotopic (exact) mass is 375 g/mol. The molecule has 2 atom stereocenters. The Morgan fingerprint density at radius 3 is 2.33 bits per heavy atom. The van der Waals surface area contributed by atoms with E-state index in [4.69, 9.17) is 4.74 Å². The zero-order chi connectivity index (χ0) is 19.6. The van der Waals surface area contributed by atoms with E-state index in [0.717, 1.165) is 5.56 Å². The molecule has 3 rings (SSSR count). The Bertz CT molecular complexity index is 772. The molecular weight excluding hydrogens is 349 g/mol. The fourth-order valence-corrected chi connectivity index (χ4v) is 3.71. The van der Waals surface area contributed by atoms with Crippen molar-refractivity contribution in [3.63, 3.8) is 0 Å². The molecule has 2 aromatic carbocycles. The molecule has 1 heterocycles. The maximum Gasteiger partial charge on any atom is 0.160 e. The standard InChI is InChI=1S/C21H26FNO4/c1-14(20(25)15-3-8-18(24)19(13-15)27-2)23-11-9-21(26,10-12-23)16-4-6-17(22)7-5-16/h3-8,13-14,20,24-26H,9-12H2,1-2H3/t14-,20+/m1/s1. The van der Waals surface area contributed by atoms with Crippen LogP contribution in [0.3, 0.4) is 0 Å². The van der Waals surface area contributed by atoms with Gasteiger partial charge in [-0.05, 0) is 55.2 Å². The van der Waals surface area contributed by atoms with E-state index in [1.807, 2.05) is 6.92 Å². The van der Waals surface area contributed by atoms with Crippen molar-refractivity contribution in [1.82, 2.24) is 4.90 Å². The summed E-state index contributed by atoms with van der Waals surface area (Å²) in [6.45, 7) is 3.16. The molecule has 1 saturated heterocycles. The normalized spacial score (nSPS) is 19.4. The SMILES string of the molecule is COc1cc([C@@H](O)[C@@H](C)N2CCC(O)(c3ccc(F)cc3)CC2)ccc1O. The van der Waals surface area contributed by atoms with Crippen LogP contribution in [0, 0.1) is 5.82 Å². The second-order valence-electron chi connectivity index (χ2n) is 7.19. The summed E-state index contributed by atoms with van der Waals surface area (Å²) in [5.41, 5.74) is 0.410. The van der Waals surface area contributed by atoms with E-state index in [2.05, 4.69) is 4.90 Å². The van der Waals surface area contributed by atoms with Gasteiger partial charge in [-0.25, -0.2) is 4.39 Å². The number of aliphatic hydroxyl groups excluding tert-OH is 1. The average molecular weight is 375 g/mol. The minimum Gasteiger partial charge on any atom is -0.504 e. The van der Waals surface area contributed by atoms with Gasteiger partial charge in [-0.15, -0.1) is 0 Å². The molecule has 0 radical (unpaired) electrons. The second-order valence-corrected chi connectivity index (χ2v) is 7.19. The number of methoxy groups -OCH3 is 1. The van der Waals surface area contributed by atoms with E-state index in [1.54, 1.807) is 24.3 Å². The van der Waals surface area contributed by atoms with Crippen LogP contribution in [0.15, 0.2) is 42.5 Å². The fourth-order valence-electron chi connectivity index (χ4n) is 3.71. The highest BCUT2D eigenvalue weighted by atomic mass is 19.1. The summed E-state index contributed by atoms with van der Waals surface area (Å²) in [5, 5.41) is 31.4. The third-order valence-corrected chi connectivity index (χ3v) is 5.58. The molecule has 0 spiro atoms. The van der Waals surface area contributed by atoms with Gasteiger partial charge in [-0.3, -0.25) is 4.90 Å². The molecule has 146 valence electrons. The number of likely N-dealkylation sites (tertiary alicyclic amines) is 1. The third kappa shape index (κ3) is 4.08.